The van der Waals surface area contributed by atoms with E-state index in [9.17, 15) is 9.59 Å². The number of rotatable bonds is 5. The van der Waals surface area contributed by atoms with Crippen molar-refractivity contribution in [1.29, 1.82) is 0 Å². The summed E-state index contributed by atoms with van der Waals surface area (Å²) < 4.78 is 5.40. The Morgan fingerprint density at radius 1 is 1.29 bits per heavy atom. The van der Waals surface area contributed by atoms with E-state index in [1.807, 2.05) is 25.1 Å². The predicted molar refractivity (Wildman–Crippen MR) is 106 cm³/mol. The van der Waals surface area contributed by atoms with Gasteiger partial charge < -0.3 is 9.64 Å². The Morgan fingerprint density at radius 3 is 2.79 bits per heavy atom. The van der Waals surface area contributed by atoms with Gasteiger partial charge in [0.1, 0.15) is 5.69 Å². The Balaban J connectivity index is 1.87. The molecule has 1 amide bonds. The third-order valence-electron chi connectivity index (χ3n) is 5.00. The Labute approximate surface area is 169 Å². The average Bonchev–Trinajstić information content (AvgIpc) is 2.68. The van der Waals surface area contributed by atoms with E-state index >= 15 is 0 Å². The Kier molecular flexibility index (Phi) is 6.29. The third-order valence-corrected chi connectivity index (χ3v) is 5.24. The molecule has 1 aliphatic heterocycles. The summed E-state index contributed by atoms with van der Waals surface area (Å²) in [5.41, 5.74) is 1.18. The third kappa shape index (κ3) is 4.50. The topological polar surface area (TPSA) is 72.4 Å². The number of hydrogen-bond acceptors (Lipinski definition) is 5. The van der Waals surface area contributed by atoms with Crippen LogP contribution in [0.3, 0.4) is 0 Å². The van der Waals surface area contributed by atoms with Crippen LogP contribution < -0.4 is 0 Å². The van der Waals surface area contributed by atoms with Crippen LogP contribution in [0, 0.1) is 12.3 Å². The molecule has 1 atom stereocenters. The fourth-order valence-corrected chi connectivity index (χ4v) is 3.89. The quantitative estimate of drug-likeness (QED) is 0.717. The first kappa shape index (κ1) is 20.3. The highest BCUT2D eigenvalue weighted by Crippen LogP contribution is 2.36. The second-order valence-corrected chi connectivity index (χ2v) is 7.62. The summed E-state index contributed by atoms with van der Waals surface area (Å²) in [5, 5.41) is 0.621. The summed E-state index contributed by atoms with van der Waals surface area (Å²) in [7, 11) is 0. The molecule has 0 radical (unpaired) electrons. The number of amides is 1. The molecule has 0 N–H and O–H groups in total. The van der Waals surface area contributed by atoms with E-state index in [0.717, 1.165) is 11.3 Å². The molecule has 7 heteroatoms. The highest BCUT2D eigenvalue weighted by molar-refractivity contribution is 6.30. The molecule has 1 aliphatic rings. The molecular formula is C21H24ClN3O3. The van der Waals surface area contributed by atoms with Crippen LogP contribution in [0.25, 0.3) is 0 Å². The van der Waals surface area contributed by atoms with Crippen LogP contribution in [-0.4, -0.2) is 46.4 Å². The monoisotopic (exact) mass is 401 g/mol. The number of aromatic nitrogens is 2. The van der Waals surface area contributed by atoms with Crippen LogP contribution in [0.2, 0.25) is 5.02 Å². The van der Waals surface area contributed by atoms with E-state index in [-0.39, 0.29) is 24.1 Å². The fourth-order valence-electron chi connectivity index (χ4n) is 3.68. The lowest BCUT2D eigenvalue weighted by Crippen LogP contribution is -2.51. The van der Waals surface area contributed by atoms with Gasteiger partial charge in [0.25, 0.3) is 5.91 Å². The van der Waals surface area contributed by atoms with E-state index in [0.29, 0.717) is 37.4 Å². The summed E-state index contributed by atoms with van der Waals surface area (Å²) in [6.07, 6.45) is 4.89. The standard InChI is InChI=1S/C21H24ClN3O3/c1-3-28-20(27)21(11-16-6-4-7-17(22)10-16)8-5-9-25(14-21)19(26)18-13-23-15(2)12-24-18/h4,6-7,10,12-13H,3,5,8-9,11,14H2,1-2H3/t21-/m1/s1. The predicted octanol–water partition coefficient (Wildman–Crippen LogP) is 3.47. The smallest absolute Gasteiger partial charge is 0.314 e. The van der Waals surface area contributed by atoms with Gasteiger partial charge in [0.05, 0.1) is 23.9 Å². The van der Waals surface area contributed by atoms with Crippen LogP contribution in [0.1, 0.15) is 41.5 Å². The fraction of sp³-hybridized carbons (Fsp3) is 0.429. The number of carbonyl (C=O) groups excluding carboxylic acids is 2. The first-order valence-electron chi connectivity index (χ1n) is 9.43. The molecule has 6 nitrogen and oxygen atoms in total. The van der Waals surface area contributed by atoms with Gasteiger partial charge in [0, 0.05) is 24.3 Å². The number of nitrogens with zero attached hydrogens (tertiary/aromatic N) is 3. The van der Waals surface area contributed by atoms with Crippen LogP contribution >= 0.6 is 11.6 Å². The molecule has 1 aromatic carbocycles. The minimum Gasteiger partial charge on any atom is -0.466 e. The van der Waals surface area contributed by atoms with Crippen molar-refractivity contribution in [2.75, 3.05) is 19.7 Å². The number of likely N-dealkylation sites (tertiary alicyclic amines) is 1. The summed E-state index contributed by atoms with van der Waals surface area (Å²) >= 11 is 6.12. The van der Waals surface area contributed by atoms with Crippen LogP contribution in [0.4, 0.5) is 0 Å². The Morgan fingerprint density at radius 2 is 2.11 bits per heavy atom. The second kappa shape index (κ2) is 8.69. The maximum Gasteiger partial charge on any atom is 0.314 e. The van der Waals surface area contributed by atoms with Gasteiger partial charge in [-0.15, -0.1) is 0 Å². The zero-order chi connectivity index (χ0) is 20.1. The van der Waals surface area contributed by atoms with Gasteiger partial charge in [-0.05, 0) is 50.8 Å². The highest BCUT2D eigenvalue weighted by Gasteiger charge is 2.45. The van der Waals surface area contributed by atoms with Crippen molar-refractivity contribution in [1.82, 2.24) is 14.9 Å². The maximum atomic E-state index is 12.9. The molecule has 2 heterocycles. The zero-order valence-corrected chi connectivity index (χ0v) is 16.9. The number of benzene rings is 1. The lowest BCUT2D eigenvalue weighted by atomic mass is 9.75. The maximum absolute atomic E-state index is 12.9. The second-order valence-electron chi connectivity index (χ2n) is 7.18. The van der Waals surface area contributed by atoms with Crippen LogP contribution in [0.15, 0.2) is 36.7 Å². The van der Waals surface area contributed by atoms with E-state index in [1.54, 1.807) is 24.1 Å². The zero-order valence-electron chi connectivity index (χ0n) is 16.2. The number of aryl methyl sites for hydroxylation is 1. The lowest BCUT2D eigenvalue weighted by molar-refractivity contribution is -0.158. The number of hydrogen-bond donors (Lipinski definition) is 0. The van der Waals surface area contributed by atoms with Crippen molar-refractivity contribution in [3.8, 4) is 0 Å². The molecule has 3 rings (SSSR count). The Hall–Kier alpha value is -2.47. The molecule has 0 unspecified atom stereocenters. The number of piperidine rings is 1. The van der Waals surface area contributed by atoms with E-state index in [1.165, 1.54) is 6.20 Å². The van der Waals surface area contributed by atoms with Crippen molar-refractivity contribution >= 4 is 23.5 Å². The number of esters is 1. The molecular weight excluding hydrogens is 378 g/mol. The van der Waals surface area contributed by atoms with Gasteiger partial charge >= 0.3 is 5.97 Å². The lowest BCUT2D eigenvalue weighted by Gasteiger charge is -2.41. The first-order chi connectivity index (χ1) is 13.4. The molecule has 2 aromatic rings. The highest BCUT2D eigenvalue weighted by atomic mass is 35.5. The van der Waals surface area contributed by atoms with Gasteiger partial charge in [0.15, 0.2) is 0 Å². The summed E-state index contributed by atoms with van der Waals surface area (Å²) in [6.45, 7) is 4.77. The molecule has 28 heavy (non-hydrogen) atoms. The van der Waals surface area contributed by atoms with Crippen molar-refractivity contribution in [2.45, 2.75) is 33.1 Å². The number of carbonyl (C=O) groups is 2. The molecule has 1 saturated heterocycles. The molecule has 1 aromatic heterocycles. The largest absolute Gasteiger partial charge is 0.466 e. The number of halogens is 1. The molecule has 0 bridgehead atoms. The van der Waals surface area contributed by atoms with Crippen LogP contribution in [0.5, 0.6) is 0 Å². The molecule has 0 aliphatic carbocycles. The van der Waals surface area contributed by atoms with Gasteiger partial charge in [0.2, 0.25) is 0 Å². The average molecular weight is 402 g/mol. The van der Waals surface area contributed by atoms with E-state index in [4.69, 9.17) is 16.3 Å². The first-order valence-corrected chi connectivity index (χ1v) is 9.81. The molecule has 0 spiro atoms. The van der Waals surface area contributed by atoms with Crippen LogP contribution in [-0.2, 0) is 16.0 Å². The van der Waals surface area contributed by atoms with Crippen molar-refractivity contribution in [3.63, 3.8) is 0 Å². The van der Waals surface area contributed by atoms with Gasteiger partial charge in [-0.1, -0.05) is 23.7 Å². The normalized spacial score (nSPS) is 19.3. The molecule has 148 valence electrons. The summed E-state index contributed by atoms with van der Waals surface area (Å²) in [4.78, 5) is 35.9. The van der Waals surface area contributed by atoms with E-state index in [2.05, 4.69) is 9.97 Å². The van der Waals surface area contributed by atoms with Crippen molar-refractivity contribution < 1.29 is 14.3 Å². The number of ether oxygens (including phenoxy) is 1. The minimum atomic E-state index is -0.799. The van der Waals surface area contributed by atoms with Gasteiger partial charge in [-0.2, -0.15) is 0 Å². The van der Waals surface area contributed by atoms with Gasteiger partial charge in [-0.25, -0.2) is 4.98 Å². The Bertz CT molecular complexity index is 856. The molecule has 0 saturated carbocycles. The van der Waals surface area contributed by atoms with Gasteiger partial charge in [-0.3, -0.25) is 14.6 Å². The summed E-state index contributed by atoms with van der Waals surface area (Å²) in [5.74, 6) is -0.491. The van der Waals surface area contributed by atoms with Crippen molar-refractivity contribution in [3.05, 3.63) is 58.6 Å². The SMILES string of the molecule is CCOC(=O)[C@@]1(Cc2cccc(Cl)c2)CCCN(C(=O)c2cnc(C)cn2)C1. The minimum absolute atomic E-state index is 0.216. The molecule has 1 fully saturated rings. The van der Waals surface area contributed by atoms with E-state index < -0.39 is 5.41 Å². The van der Waals surface area contributed by atoms with Crippen molar-refractivity contribution in [2.24, 2.45) is 5.41 Å². The summed E-state index contributed by atoms with van der Waals surface area (Å²) in [6, 6.07) is 7.47.